The van der Waals surface area contributed by atoms with Crippen LogP contribution in [0.1, 0.15) is 60.0 Å². The van der Waals surface area contributed by atoms with Gasteiger partial charge in [-0.2, -0.15) is 0 Å². The molecule has 6 rings (SSSR count). The monoisotopic (exact) mass is 324 g/mol. The van der Waals surface area contributed by atoms with Crippen molar-refractivity contribution < 1.29 is 14.3 Å². The van der Waals surface area contributed by atoms with E-state index in [-0.39, 0.29) is 17.4 Å². The molecule has 3 heteroatoms. The van der Waals surface area contributed by atoms with Gasteiger partial charge >= 0.3 is 5.97 Å². The largest absolute Gasteiger partial charge is 0.458 e. The highest BCUT2D eigenvalue weighted by Gasteiger charge is 2.54. The normalized spacial score (nSPS) is 39.1. The fourth-order valence-electron chi connectivity index (χ4n) is 6.23. The average molecular weight is 324 g/mol. The topological polar surface area (TPSA) is 43.4 Å². The van der Waals surface area contributed by atoms with Crippen LogP contribution in [0, 0.1) is 30.6 Å². The summed E-state index contributed by atoms with van der Waals surface area (Å²) < 4.78 is 6.11. The number of ketones is 1. The molecule has 0 saturated heterocycles. The second kappa shape index (κ2) is 4.93. The molecule has 0 spiro atoms. The number of fused-ring (bicyclic) bond motifs is 1. The molecular formula is C21H24O3. The molecule has 4 bridgehead atoms. The number of rotatable bonds is 2. The summed E-state index contributed by atoms with van der Waals surface area (Å²) in [5.41, 5.74) is 2.54. The number of benzene rings is 1. The number of Topliss-reactive ketones (excluding diaryl/α,β-unsaturated/α-hetero) is 1. The first kappa shape index (κ1) is 14.7. The number of aryl methyl sites for hydroxylation is 1. The number of hydrogen-bond acceptors (Lipinski definition) is 3. The first-order valence-corrected chi connectivity index (χ1v) is 9.38. The van der Waals surface area contributed by atoms with Gasteiger partial charge < -0.3 is 4.74 Å². The van der Waals surface area contributed by atoms with Crippen LogP contribution < -0.4 is 0 Å². The summed E-state index contributed by atoms with van der Waals surface area (Å²) in [7, 11) is 0. The summed E-state index contributed by atoms with van der Waals surface area (Å²) in [5.74, 6) is 1.29. The first-order valence-electron chi connectivity index (χ1n) is 9.38. The fraction of sp³-hybridized carbons (Fsp3) is 0.619. The Morgan fingerprint density at radius 1 is 1.08 bits per heavy atom. The number of carbonyl (C=O) groups excluding carboxylic acids is 2. The molecule has 1 atom stereocenters. The van der Waals surface area contributed by atoms with Crippen molar-refractivity contribution in [2.75, 3.05) is 0 Å². The zero-order valence-corrected chi connectivity index (χ0v) is 14.2. The molecule has 3 nitrogen and oxygen atoms in total. The van der Waals surface area contributed by atoms with Crippen LogP contribution >= 0.6 is 0 Å². The van der Waals surface area contributed by atoms with Crippen LogP contribution in [-0.2, 0) is 16.0 Å². The highest BCUT2D eigenvalue weighted by molar-refractivity contribution is 6.12. The molecule has 0 N–H and O–H groups in total. The SMILES string of the molecule is Cc1ccc2c(c1)C(=O)C(C(=O)OC13CC4CC(CC(C4)C1)C3)C2. The Kier molecular flexibility index (Phi) is 3.02. The Balaban J connectivity index is 1.36. The van der Waals surface area contributed by atoms with Crippen LogP contribution in [-0.4, -0.2) is 17.4 Å². The number of ether oxygens (including phenoxy) is 1. The molecule has 5 aliphatic rings. The highest BCUT2D eigenvalue weighted by Crippen LogP contribution is 2.57. The second-order valence-electron chi connectivity index (χ2n) is 8.80. The maximum atomic E-state index is 12.9. The second-order valence-corrected chi connectivity index (χ2v) is 8.80. The van der Waals surface area contributed by atoms with Gasteiger partial charge in [-0.3, -0.25) is 9.59 Å². The minimum atomic E-state index is -0.616. The smallest absolute Gasteiger partial charge is 0.317 e. The van der Waals surface area contributed by atoms with Gasteiger partial charge in [0.05, 0.1) is 0 Å². The Bertz CT molecular complexity index is 697. The molecule has 4 saturated carbocycles. The first-order chi connectivity index (χ1) is 11.5. The standard InChI is InChI=1S/C21H24O3/c1-12-2-3-16-8-18(19(22)17(16)4-12)20(23)24-21-9-13-5-14(10-21)7-15(6-13)11-21/h2-4,13-15,18H,5-11H2,1H3. The van der Waals surface area contributed by atoms with Crippen molar-refractivity contribution in [3.63, 3.8) is 0 Å². The predicted octanol–water partition coefficient (Wildman–Crippen LogP) is 3.86. The summed E-state index contributed by atoms with van der Waals surface area (Å²) in [6.45, 7) is 1.98. The Morgan fingerprint density at radius 3 is 2.33 bits per heavy atom. The van der Waals surface area contributed by atoms with Gasteiger partial charge in [0.1, 0.15) is 11.5 Å². The maximum Gasteiger partial charge on any atom is 0.317 e. The van der Waals surface area contributed by atoms with Crippen LogP contribution in [0.3, 0.4) is 0 Å². The lowest BCUT2D eigenvalue weighted by Gasteiger charge is -2.55. The Morgan fingerprint density at radius 2 is 1.71 bits per heavy atom. The molecule has 0 aromatic heterocycles. The molecule has 0 radical (unpaired) electrons. The van der Waals surface area contributed by atoms with Crippen molar-refractivity contribution >= 4 is 11.8 Å². The van der Waals surface area contributed by atoms with Gasteiger partial charge in [-0.15, -0.1) is 0 Å². The average Bonchev–Trinajstić information content (AvgIpc) is 2.82. The van der Waals surface area contributed by atoms with Crippen molar-refractivity contribution in [2.24, 2.45) is 23.7 Å². The van der Waals surface area contributed by atoms with Crippen molar-refractivity contribution in [3.8, 4) is 0 Å². The van der Waals surface area contributed by atoms with Gasteiger partial charge in [-0.25, -0.2) is 0 Å². The van der Waals surface area contributed by atoms with Crippen molar-refractivity contribution in [1.29, 1.82) is 0 Å². The number of hydrogen-bond donors (Lipinski definition) is 0. The lowest BCUT2D eigenvalue weighted by Crippen LogP contribution is -2.53. The van der Waals surface area contributed by atoms with Crippen LogP contribution in [0.4, 0.5) is 0 Å². The molecule has 24 heavy (non-hydrogen) atoms. The summed E-state index contributed by atoms with van der Waals surface area (Å²) in [5, 5.41) is 0. The zero-order valence-electron chi connectivity index (χ0n) is 14.2. The van der Waals surface area contributed by atoms with Crippen LogP contribution in [0.15, 0.2) is 18.2 Å². The van der Waals surface area contributed by atoms with E-state index in [1.807, 2.05) is 25.1 Å². The van der Waals surface area contributed by atoms with Crippen LogP contribution in [0.2, 0.25) is 0 Å². The van der Waals surface area contributed by atoms with E-state index in [4.69, 9.17) is 4.74 Å². The van der Waals surface area contributed by atoms with E-state index >= 15 is 0 Å². The number of esters is 1. The molecule has 5 aliphatic carbocycles. The van der Waals surface area contributed by atoms with E-state index in [9.17, 15) is 9.59 Å². The predicted molar refractivity (Wildman–Crippen MR) is 89.7 cm³/mol. The van der Waals surface area contributed by atoms with Gasteiger partial charge in [0.25, 0.3) is 0 Å². The molecule has 1 aromatic rings. The molecule has 0 amide bonds. The Hall–Kier alpha value is -1.64. The van der Waals surface area contributed by atoms with Crippen molar-refractivity contribution in [1.82, 2.24) is 0 Å². The fourth-order valence-corrected chi connectivity index (χ4v) is 6.23. The van der Waals surface area contributed by atoms with Gasteiger partial charge in [0.2, 0.25) is 0 Å². The molecule has 126 valence electrons. The lowest BCUT2D eigenvalue weighted by atomic mass is 9.54. The molecule has 0 aliphatic heterocycles. The van der Waals surface area contributed by atoms with E-state index < -0.39 is 5.92 Å². The summed E-state index contributed by atoms with van der Waals surface area (Å²) >= 11 is 0. The summed E-state index contributed by atoms with van der Waals surface area (Å²) in [6, 6.07) is 5.91. The van der Waals surface area contributed by atoms with E-state index in [0.29, 0.717) is 6.42 Å². The number of carbonyl (C=O) groups is 2. The molecule has 1 aromatic carbocycles. The lowest BCUT2D eigenvalue weighted by molar-refractivity contribution is -0.189. The molecule has 4 fully saturated rings. The van der Waals surface area contributed by atoms with E-state index in [1.54, 1.807) is 0 Å². The third-order valence-corrected chi connectivity index (χ3v) is 6.86. The molecule has 1 unspecified atom stereocenters. The zero-order chi connectivity index (χ0) is 16.5. The van der Waals surface area contributed by atoms with Crippen LogP contribution in [0.5, 0.6) is 0 Å². The quantitative estimate of drug-likeness (QED) is 0.613. The maximum absolute atomic E-state index is 12.9. The van der Waals surface area contributed by atoms with E-state index in [2.05, 4.69) is 0 Å². The van der Waals surface area contributed by atoms with Gasteiger partial charge in [0, 0.05) is 5.56 Å². The van der Waals surface area contributed by atoms with Crippen molar-refractivity contribution in [2.45, 2.75) is 57.5 Å². The molecular weight excluding hydrogens is 300 g/mol. The highest BCUT2D eigenvalue weighted by atomic mass is 16.6. The van der Waals surface area contributed by atoms with Gasteiger partial charge in [-0.1, -0.05) is 17.7 Å². The van der Waals surface area contributed by atoms with Crippen LogP contribution in [0.25, 0.3) is 0 Å². The van der Waals surface area contributed by atoms with E-state index in [0.717, 1.165) is 53.7 Å². The Labute approximate surface area is 142 Å². The van der Waals surface area contributed by atoms with Crippen molar-refractivity contribution in [3.05, 3.63) is 34.9 Å². The third kappa shape index (κ3) is 2.17. The minimum absolute atomic E-state index is 0.0385. The van der Waals surface area contributed by atoms with Gasteiger partial charge in [0.15, 0.2) is 5.78 Å². The molecule has 0 heterocycles. The minimum Gasteiger partial charge on any atom is -0.458 e. The van der Waals surface area contributed by atoms with Gasteiger partial charge in [-0.05, 0) is 81.3 Å². The summed E-state index contributed by atoms with van der Waals surface area (Å²) in [6.07, 6.45) is 7.56. The van der Waals surface area contributed by atoms with E-state index in [1.165, 1.54) is 19.3 Å². The summed E-state index contributed by atoms with van der Waals surface area (Å²) in [4.78, 5) is 25.5. The third-order valence-electron chi connectivity index (χ3n) is 6.86.